The Morgan fingerprint density at radius 2 is 1.92 bits per heavy atom. The molecule has 0 spiro atoms. The number of carbonyl (C=O) groups is 1. The van der Waals surface area contributed by atoms with Crippen molar-refractivity contribution in [3.63, 3.8) is 0 Å². The molecule has 1 saturated carbocycles. The van der Waals surface area contributed by atoms with E-state index in [2.05, 4.69) is 10.4 Å². The lowest BCUT2D eigenvalue weighted by molar-refractivity contribution is 0.0946. The van der Waals surface area contributed by atoms with E-state index in [1.165, 1.54) is 10.7 Å². The fraction of sp³-hybridized carbons (Fsp3) is 0.312. The van der Waals surface area contributed by atoms with Crippen molar-refractivity contribution in [2.75, 3.05) is 6.54 Å². The molecule has 24 heavy (non-hydrogen) atoms. The first kappa shape index (κ1) is 16.2. The van der Waals surface area contributed by atoms with Crippen molar-refractivity contribution in [3.8, 4) is 0 Å². The van der Waals surface area contributed by atoms with E-state index in [4.69, 9.17) is 0 Å². The van der Waals surface area contributed by atoms with E-state index in [9.17, 15) is 22.8 Å². The van der Waals surface area contributed by atoms with Gasteiger partial charge in [-0.3, -0.25) is 9.59 Å². The quantitative estimate of drug-likeness (QED) is 0.849. The minimum absolute atomic E-state index is 0.00169. The van der Waals surface area contributed by atoms with E-state index in [1.54, 1.807) is 6.07 Å². The Morgan fingerprint density at radius 3 is 2.62 bits per heavy atom. The monoisotopic (exact) mass is 337 g/mol. The molecule has 1 amide bonds. The van der Waals surface area contributed by atoms with Crippen molar-refractivity contribution in [2.45, 2.75) is 25.3 Å². The number of nitrogens with one attached hydrogen (secondary N) is 1. The summed E-state index contributed by atoms with van der Waals surface area (Å²) in [6.07, 6.45) is 2.08. The van der Waals surface area contributed by atoms with Crippen molar-refractivity contribution in [3.05, 3.63) is 63.3 Å². The molecule has 1 aromatic carbocycles. The number of rotatable bonds is 5. The van der Waals surface area contributed by atoms with Gasteiger partial charge in [0.1, 0.15) is 0 Å². The number of hydrogen-bond donors (Lipinski definition) is 1. The molecule has 0 unspecified atom stereocenters. The Hall–Kier alpha value is -2.64. The van der Waals surface area contributed by atoms with Crippen LogP contribution in [0.4, 0.5) is 13.2 Å². The summed E-state index contributed by atoms with van der Waals surface area (Å²) in [6, 6.07) is 4.64. The van der Waals surface area contributed by atoms with Crippen molar-refractivity contribution < 1.29 is 18.0 Å². The van der Waals surface area contributed by atoms with Gasteiger partial charge in [-0.25, -0.2) is 17.9 Å². The molecule has 0 radical (unpaired) electrons. The smallest absolute Gasteiger partial charge is 0.266 e. The van der Waals surface area contributed by atoms with Gasteiger partial charge in [-0.05, 0) is 31.0 Å². The van der Waals surface area contributed by atoms with Crippen LogP contribution in [0.15, 0.2) is 29.1 Å². The van der Waals surface area contributed by atoms with Crippen LogP contribution < -0.4 is 10.9 Å². The summed E-state index contributed by atoms with van der Waals surface area (Å²) in [7, 11) is 0. The summed E-state index contributed by atoms with van der Waals surface area (Å²) >= 11 is 0. The molecular formula is C16H14F3N3O2. The molecule has 0 aliphatic heterocycles. The van der Waals surface area contributed by atoms with E-state index in [0.717, 1.165) is 24.6 Å². The molecular weight excluding hydrogens is 323 g/mol. The Bertz CT molecular complexity index is 847. The van der Waals surface area contributed by atoms with Gasteiger partial charge in [-0.15, -0.1) is 0 Å². The third-order valence-electron chi connectivity index (χ3n) is 3.77. The lowest BCUT2D eigenvalue weighted by Crippen LogP contribution is -2.32. The predicted octanol–water partition coefficient (Wildman–Crippen LogP) is 1.97. The fourth-order valence-electron chi connectivity index (χ4n) is 2.29. The van der Waals surface area contributed by atoms with E-state index >= 15 is 0 Å². The summed E-state index contributed by atoms with van der Waals surface area (Å²) < 4.78 is 40.7. The van der Waals surface area contributed by atoms with E-state index in [-0.39, 0.29) is 18.6 Å². The minimum atomic E-state index is -1.70. The number of benzene rings is 1. The molecule has 1 fully saturated rings. The maximum Gasteiger partial charge on any atom is 0.266 e. The van der Waals surface area contributed by atoms with Gasteiger partial charge < -0.3 is 5.32 Å². The number of hydrogen-bond acceptors (Lipinski definition) is 3. The topological polar surface area (TPSA) is 64.0 Å². The molecule has 1 N–H and O–H groups in total. The van der Waals surface area contributed by atoms with Gasteiger partial charge in [-0.1, -0.05) is 0 Å². The van der Waals surface area contributed by atoms with Crippen molar-refractivity contribution >= 4 is 5.91 Å². The lowest BCUT2D eigenvalue weighted by Gasteiger charge is -2.09. The molecule has 126 valence electrons. The first-order valence-corrected chi connectivity index (χ1v) is 7.47. The van der Waals surface area contributed by atoms with Gasteiger partial charge >= 0.3 is 0 Å². The van der Waals surface area contributed by atoms with Crippen LogP contribution in [-0.2, 0) is 6.54 Å². The molecule has 1 heterocycles. The third-order valence-corrected chi connectivity index (χ3v) is 3.77. The zero-order valence-corrected chi connectivity index (χ0v) is 12.6. The first-order valence-electron chi connectivity index (χ1n) is 7.47. The largest absolute Gasteiger partial charge is 0.350 e. The molecule has 8 heteroatoms. The van der Waals surface area contributed by atoms with Gasteiger partial charge in [0.2, 0.25) is 0 Å². The van der Waals surface area contributed by atoms with Crippen LogP contribution >= 0.6 is 0 Å². The van der Waals surface area contributed by atoms with E-state index < -0.39 is 28.9 Å². The van der Waals surface area contributed by atoms with Crippen LogP contribution in [0.5, 0.6) is 0 Å². The second-order valence-electron chi connectivity index (χ2n) is 5.57. The zero-order chi connectivity index (χ0) is 17.3. The van der Waals surface area contributed by atoms with Gasteiger partial charge in [0.25, 0.3) is 11.5 Å². The second kappa shape index (κ2) is 6.46. The predicted molar refractivity (Wildman–Crippen MR) is 79.1 cm³/mol. The molecule has 1 aliphatic carbocycles. The standard InChI is InChI=1S/C16H14F3N3O2/c17-11-4-3-10(14(18)15(11)19)16(24)20-7-8-22-13(23)6-5-12(21-22)9-1-2-9/h3-6,9H,1-2,7-8H2,(H,20,24). The summed E-state index contributed by atoms with van der Waals surface area (Å²) in [5.74, 6) is -5.12. The number of carbonyl (C=O) groups excluding carboxylic acids is 1. The van der Waals surface area contributed by atoms with Crippen LogP contribution in [-0.4, -0.2) is 22.2 Å². The number of amides is 1. The summed E-state index contributed by atoms with van der Waals surface area (Å²) in [6.45, 7) is 0.0920. The molecule has 0 bridgehead atoms. The summed E-state index contributed by atoms with van der Waals surface area (Å²) in [5.41, 5.74) is -0.0822. The van der Waals surface area contributed by atoms with Crippen LogP contribution in [0, 0.1) is 17.5 Å². The highest BCUT2D eigenvalue weighted by atomic mass is 19.2. The summed E-state index contributed by atoms with van der Waals surface area (Å²) in [5, 5.41) is 6.58. The Morgan fingerprint density at radius 1 is 1.17 bits per heavy atom. The number of aromatic nitrogens is 2. The van der Waals surface area contributed by atoms with Crippen LogP contribution in [0.1, 0.15) is 34.8 Å². The maximum atomic E-state index is 13.5. The molecule has 5 nitrogen and oxygen atoms in total. The fourth-order valence-corrected chi connectivity index (χ4v) is 2.29. The molecule has 2 aromatic rings. The SMILES string of the molecule is O=C(NCCn1nc(C2CC2)ccc1=O)c1ccc(F)c(F)c1F. The minimum Gasteiger partial charge on any atom is -0.350 e. The highest BCUT2D eigenvalue weighted by molar-refractivity contribution is 5.94. The van der Waals surface area contributed by atoms with Gasteiger partial charge in [-0.2, -0.15) is 5.10 Å². The molecule has 3 rings (SSSR count). The van der Waals surface area contributed by atoms with Crippen LogP contribution in [0.2, 0.25) is 0 Å². The van der Waals surface area contributed by atoms with Crippen molar-refractivity contribution in [1.82, 2.24) is 15.1 Å². The number of nitrogens with zero attached hydrogens (tertiary/aromatic N) is 2. The average Bonchev–Trinajstić information content (AvgIpc) is 3.39. The summed E-state index contributed by atoms with van der Waals surface area (Å²) in [4.78, 5) is 23.6. The first-order chi connectivity index (χ1) is 11.5. The molecule has 0 atom stereocenters. The van der Waals surface area contributed by atoms with Gasteiger partial charge in [0.15, 0.2) is 17.5 Å². The van der Waals surface area contributed by atoms with E-state index in [1.807, 2.05) is 0 Å². The highest BCUT2D eigenvalue weighted by Crippen LogP contribution is 2.38. The van der Waals surface area contributed by atoms with Crippen LogP contribution in [0.3, 0.4) is 0 Å². The molecule has 1 aromatic heterocycles. The average molecular weight is 337 g/mol. The van der Waals surface area contributed by atoms with E-state index in [0.29, 0.717) is 12.0 Å². The molecule has 1 aliphatic rings. The highest BCUT2D eigenvalue weighted by Gasteiger charge is 2.25. The molecule has 0 saturated heterocycles. The number of halogens is 3. The Kier molecular flexibility index (Phi) is 4.37. The van der Waals surface area contributed by atoms with Gasteiger partial charge in [0.05, 0.1) is 17.8 Å². The van der Waals surface area contributed by atoms with Crippen LogP contribution in [0.25, 0.3) is 0 Å². The Labute approximate surface area is 135 Å². The lowest BCUT2D eigenvalue weighted by atomic mass is 10.2. The third kappa shape index (κ3) is 3.32. The van der Waals surface area contributed by atoms with Gasteiger partial charge in [0, 0.05) is 18.5 Å². The normalized spacial score (nSPS) is 13.8. The van der Waals surface area contributed by atoms with Crippen molar-refractivity contribution in [1.29, 1.82) is 0 Å². The Balaban J connectivity index is 1.64. The zero-order valence-electron chi connectivity index (χ0n) is 12.6. The maximum absolute atomic E-state index is 13.5. The van der Waals surface area contributed by atoms with Crippen molar-refractivity contribution in [2.24, 2.45) is 0 Å². The second-order valence-corrected chi connectivity index (χ2v) is 5.57.